The molecule has 2 aromatic rings. The zero-order valence-corrected chi connectivity index (χ0v) is 15.3. The Labute approximate surface area is 155 Å². The fourth-order valence-corrected chi connectivity index (χ4v) is 3.29. The van der Waals surface area contributed by atoms with Crippen molar-refractivity contribution in [3.05, 3.63) is 52.0 Å². The summed E-state index contributed by atoms with van der Waals surface area (Å²) in [5.74, 6) is -0.309. The van der Waals surface area contributed by atoms with E-state index >= 15 is 0 Å². The predicted octanol–water partition coefficient (Wildman–Crippen LogP) is 3.23. The van der Waals surface area contributed by atoms with Crippen LogP contribution in [0.4, 0.5) is 4.39 Å². The SMILES string of the molecule is CC(C(=O)N1CCN(Cc2ccc(F)cc2Cl)CC1)n1cc(Cl)cn1. The molecule has 2 heterocycles. The van der Waals surface area contributed by atoms with Gasteiger partial charge in [-0.3, -0.25) is 14.4 Å². The van der Waals surface area contributed by atoms with Crippen molar-refractivity contribution in [2.24, 2.45) is 0 Å². The van der Waals surface area contributed by atoms with E-state index in [2.05, 4.69) is 10.00 Å². The van der Waals surface area contributed by atoms with Crippen molar-refractivity contribution < 1.29 is 9.18 Å². The van der Waals surface area contributed by atoms with Gasteiger partial charge in [0.2, 0.25) is 5.91 Å². The number of benzene rings is 1. The minimum absolute atomic E-state index is 0.0271. The Bertz CT molecular complexity index is 759. The van der Waals surface area contributed by atoms with Crippen LogP contribution in [0, 0.1) is 5.82 Å². The Morgan fingerprint density at radius 2 is 2.00 bits per heavy atom. The highest BCUT2D eigenvalue weighted by Crippen LogP contribution is 2.20. The minimum atomic E-state index is -0.384. The molecule has 0 radical (unpaired) electrons. The van der Waals surface area contributed by atoms with Crippen LogP contribution in [0.15, 0.2) is 30.6 Å². The number of hydrogen-bond acceptors (Lipinski definition) is 3. The molecular weight excluding hydrogens is 366 g/mol. The molecule has 134 valence electrons. The molecule has 5 nitrogen and oxygen atoms in total. The molecule has 0 saturated carbocycles. The van der Waals surface area contributed by atoms with Gasteiger partial charge in [-0.2, -0.15) is 5.10 Å². The summed E-state index contributed by atoms with van der Waals surface area (Å²) in [7, 11) is 0. The van der Waals surface area contributed by atoms with Gasteiger partial charge >= 0.3 is 0 Å². The first-order valence-corrected chi connectivity index (χ1v) is 8.84. The molecule has 1 aliphatic heterocycles. The van der Waals surface area contributed by atoms with Gasteiger partial charge < -0.3 is 4.90 Å². The Kier molecular flexibility index (Phi) is 5.61. The summed E-state index contributed by atoms with van der Waals surface area (Å²) in [6.07, 6.45) is 3.17. The van der Waals surface area contributed by atoms with Crippen LogP contribution in [-0.2, 0) is 11.3 Å². The van der Waals surface area contributed by atoms with E-state index < -0.39 is 0 Å². The van der Waals surface area contributed by atoms with Gasteiger partial charge in [-0.05, 0) is 24.6 Å². The quantitative estimate of drug-likeness (QED) is 0.812. The normalized spacial score (nSPS) is 16.9. The summed E-state index contributed by atoms with van der Waals surface area (Å²) >= 11 is 12.0. The largest absolute Gasteiger partial charge is 0.338 e. The first-order chi connectivity index (χ1) is 11.9. The number of aromatic nitrogens is 2. The molecule has 1 fully saturated rings. The molecule has 0 aliphatic carbocycles. The maximum Gasteiger partial charge on any atom is 0.247 e. The van der Waals surface area contributed by atoms with Crippen LogP contribution in [-0.4, -0.2) is 51.7 Å². The lowest BCUT2D eigenvalue weighted by Gasteiger charge is -2.36. The summed E-state index contributed by atoms with van der Waals surface area (Å²) < 4.78 is 14.7. The minimum Gasteiger partial charge on any atom is -0.338 e. The first kappa shape index (κ1) is 18.2. The van der Waals surface area contributed by atoms with Crippen molar-refractivity contribution in [2.45, 2.75) is 19.5 Å². The van der Waals surface area contributed by atoms with E-state index in [1.54, 1.807) is 16.9 Å². The van der Waals surface area contributed by atoms with Crippen molar-refractivity contribution in [1.29, 1.82) is 0 Å². The van der Waals surface area contributed by atoms with E-state index in [-0.39, 0.29) is 17.8 Å². The van der Waals surface area contributed by atoms with Crippen LogP contribution in [0.1, 0.15) is 18.5 Å². The molecule has 1 amide bonds. The average Bonchev–Trinajstić information content (AvgIpc) is 3.03. The van der Waals surface area contributed by atoms with Gasteiger partial charge in [-0.25, -0.2) is 4.39 Å². The van der Waals surface area contributed by atoms with E-state index in [1.165, 1.54) is 18.3 Å². The van der Waals surface area contributed by atoms with Gasteiger partial charge in [0.15, 0.2) is 0 Å². The standard InChI is InChI=1S/C17H19Cl2FN4O/c1-12(24-11-14(18)9-21-24)17(25)23-6-4-22(5-7-23)10-13-2-3-15(20)8-16(13)19/h2-3,8-9,11-12H,4-7,10H2,1H3. The number of carbonyl (C=O) groups excluding carboxylic acids is 1. The zero-order valence-electron chi connectivity index (χ0n) is 13.8. The van der Waals surface area contributed by atoms with Gasteiger partial charge in [-0.15, -0.1) is 0 Å². The summed E-state index contributed by atoms with van der Waals surface area (Å²) in [6, 6.07) is 4.06. The lowest BCUT2D eigenvalue weighted by atomic mass is 10.2. The highest BCUT2D eigenvalue weighted by Gasteiger charge is 2.26. The van der Waals surface area contributed by atoms with Crippen LogP contribution in [0.5, 0.6) is 0 Å². The highest BCUT2D eigenvalue weighted by molar-refractivity contribution is 6.31. The van der Waals surface area contributed by atoms with Crippen molar-refractivity contribution in [1.82, 2.24) is 19.6 Å². The molecule has 8 heteroatoms. The van der Waals surface area contributed by atoms with E-state index in [0.29, 0.717) is 29.7 Å². The van der Waals surface area contributed by atoms with Gasteiger partial charge in [0.25, 0.3) is 0 Å². The van der Waals surface area contributed by atoms with Crippen LogP contribution in [0.25, 0.3) is 0 Å². The Hall–Kier alpha value is -1.63. The molecule has 3 rings (SSSR count). The highest BCUT2D eigenvalue weighted by atomic mass is 35.5. The summed E-state index contributed by atoms with van der Waals surface area (Å²) in [4.78, 5) is 16.6. The van der Waals surface area contributed by atoms with Crippen LogP contribution >= 0.6 is 23.2 Å². The lowest BCUT2D eigenvalue weighted by Crippen LogP contribution is -2.50. The van der Waals surface area contributed by atoms with Gasteiger partial charge in [0.05, 0.1) is 11.2 Å². The second kappa shape index (κ2) is 7.72. The molecule has 1 aromatic carbocycles. The first-order valence-electron chi connectivity index (χ1n) is 8.09. The van der Waals surface area contributed by atoms with Crippen molar-refractivity contribution in [2.75, 3.05) is 26.2 Å². The maximum atomic E-state index is 13.1. The third kappa shape index (κ3) is 4.32. The Morgan fingerprint density at radius 1 is 1.28 bits per heavy atom. The summed E-state index contributed by atoms with van der Waals surface area (Å²) in [6.45, 7) is 5.22. The number of hydrogen-bond donors (Lipinski definition) is 0. The fraction of sp³-hybridized carbons (Fsp3) is 0.412. The molecule has 0 N–H and O–H groups in total. The zero-order chi connectivity index (χ0) is 18.0. The number of halogens is 3. The van der Waals surface area contributed by atoms with Crippen molar-refractivity contribution >= 4 is 29.1 Å². The molecule has 1 unspecified atom stereocenters. The fourth-order valence-electron chi connectivity index (χ4n) is 2.92. The Morgan fingerprint density at radius 3 is 2.60 bits per heavy atom. The number of nitrogens with zero attached hydrogens (tertiary/aromatic N) is 4. The van der Waals surface area contributed by atoms with Gasteiger partial charge in [-0.1, -0.05) is 29.3 Å². The number of piperazine rings is 1. The summed E-state index contributed by atoms with van der Waals surface area (Å²) in [5.41, 5.74) is 0.891. The van der Waals surface area contributed by atoms with E-state index in [0.717, 1.165) is 18.7 Å². The number of rotatable bonds is 4. The average molecular weight is 385 g/mol. The summed E-state index contributed by atoms with van der Waals surface area (Å²) in [5, 5.41) is 5.05. The van der Waals surface area contributed by atoms with Gasteiger partial charge in [0.1, 0.15) is 11.9 Å². The Balaban J connectivity index is 1.55. The monoisotopic (exact) mass is 384 g/mol. The van der Waals surface area contributed by atoms with Crippen LogP contribution in [0.3, 0.4) is 0 Å². The van der Waals surface area contributed by atoms with E-state index in [1.807, 2.05) is 11.8 Å². The second-order valence-corrected chi connectivity index (χ2v) is 7.00. The molecule has 1 aliphatic rings. The van der Waals surface area contributed by atoms with Gasteiger partial charge in [0, 0.05) is 43.9 Å². The molecule has 1 atom stereocenters. The molecule has 0 spiro atoms. The van der Waals surface area contributed by atoms with Crippen molar-refractivity contribution in [3.63, 3.8) is 0 Å². The van der Waals surface area contributed by atoms with E-state index in [9.17, 15) is 9.18 Å². The lowest BCUT2D eigenvalue weighted by molar-refractivity contribution is -0.136. The van der Waals surface area contributed by atoms with E-state index in [4.69, 9.17) is 23.2 Å². The molecule has 1 aromatic heterocycles. The van der Waals surface area contributed by atoms with Crippen LogP contribution < -0.4 is 0 Å². The topological polar surface area (TPSA) is 41.4 Å². The molecule has 1 saturated heterocycles. The second-order valence-electron chi connectivity index (χ2n) is 6.15. The number of amides is 1. The maximum absolute atomic E-state index is 13.1. The van der Waals surface area contributed by atoms with Crippen LogP contribution in [0.2, 0.25) is 10.0 Å². The third-order valence-corrected chi connectivity index (χ3v) is 4.96. The predicted molar refractivity (Wildman–Crippen MR) is 95.2 cm³/mol. The third-order valence-electron chi connectivity index (χ3n) is 4.42. The molecular formula is C17H19Cl2FN4O. The number of carbonyl (C=O) groups is 1. The van der Waals surface area contributed by atoms with Crippen molar-refractivity contribution in [3.8, 4) is 0 Å². The smallest absolute Gasteiger partial charge is 0.247 e. The molecule has 25 heavy (non-hydrogen) atoms. The molecule has 0 bridgehead atoms.